The molecule has 2 rings (SSSR count). The molecule has 0 aliphatic heterocycles. The lowest BCUT2D eigenvalue weighted by molar-refractivity contribution is -0.123. The lowest BCUT2D eigenvalue weighted by Crippen LogP contribution is -2.50. The molecule has 0 bridgehead atoms. The number of hydrogen-bond donors (Lipinski definition) is 2. The molecule has 80 valence electrons. The summed E-state index contributed by atoms with van der Waals surface area (Å²) < 4.78 is 0. The van der Waals surface area contributed by atoms with Crippen LogP contribution in [0.5, 0.6) is 0 Å². The first-order valence-corrected chi connectivity index (χ1v) is 5.74. The molecule has 0 aromatic rings. The Bertz CT molecular complexity index is 219. The zero-order chi connectivity index (χ0) is 10.0. The molecule has 0 spiro atoms. The fraction of sp³-hybridized carbons (Fsp3) is 0.909. The van der Waals surface area contributed by atoms with Gasteiger partial charge in [-0.15, -0.1) is 0 Å². The molecule has 2 aliphatic carbocycles. The van der Waals surface area contributed by atoms with Crippen LogP contribution in [0.25, 0.3) is 0 Å². The van der Waals surface area contributed by atoms with Gasteiger partial charge in [-0.2, -0.15) is 0 Å². The van der Waals surface area contributed by atoms with E-state index in [1.807, 2.05) is 0 Å². The van der Waals surface area contributed by atoms with Crippen LogP contribution in [0.4, 0.5) is 0 Å². The molecular weight excluding hydrogens is 176 g/mol. The lowest BCUT2D eigenvalue weighted by Gasteiger charge is -2.37. The SMILES string of the molecule is NC1(CC(=O)NCC2CCC2)CCC1. The molecule has 2 aliphatic rings. The van der Waals surface area contributed by atoms with E-state index in [9.17, 15) is 4.79 Å². The van der Waals surface area contributed by atoms with E-state index in [1.54, 1.807) is 0 Å². The van der Waals surface area contributed by atoms with E-state index in [0.29, 0.717) is 6.42 Å². The fourth-order valence-electron chi connectivity index (χ4n) is 2.15. The zero-order valence-corrected chi connectivity index (χ0v) is 8.72. The smallest absolute Gasteiger partial charge is 0.221 e. The number of carbonyl (C=O) groups is 1. The van der Waals surface area contributed by atoms with Gasteiger partial charge in [0.25, 0.3) is 0 Å². The summed E-state index contributed by atoms with van der Waals surface area (Å²) in [5.41, 5.74) is 5.83. The van der Waals surface area contributed by atoms with Crippen molar-refractivity contribution in [2.75, 3.05) is 6.54 Å². The van der Waals surface area contributed by atoms with Crippen molar-refractivity contribution in [3.63, 3.8) is 0 Å². The molecule has 0 atom stereocenters. The number of amides is 1. The molecule has 0 aromatic heterocycles. The lowest BCUT2D eigenvalue weighted by atomic mass is 9.75. The van der Waals surface area contributed by atoms with Gasteiger partial charge >= 0.3 is 0 Å². The number of nitrogens with one attached hydrogen (secondary N) is 1. The number of carbonyl (C=O) groups excluding carboxylic acids is 1. The molecule has 0 heterocycles. The van der Waals surface area contributed by atoms with Crippen molar-refractivity contribution in [1.82, 2.24) is 5.32 Å². The molecular formula is C11H20N2O. The first-order chi connectivity index (χ1) is 6.68. The van der Waals surface area contributed by atoms with E-state index < -0.39 is 0 Å². The Morgan fingerprint density at radius 1 is 1.36 bits per heavy atom. The zero-order valence-electron chi connectivity index (χ0n) is 8.72. The predicted molar refractivity (Wildman–Crippen MR) is 55.7 cm³/mol. The molecule has 0 radical (unpaired) electrons. The largest absolute Gasteiger partial charge is 0.356 e. The Balaban J connectivity index is 1.62. The van der Waals surface area contributed by atoms with Crippen LogP contribution in [0.15, 0.2) is 0 Å². The molecule has 14 heavy (non-hydrogen) atoms. The van der Waals surface area contributed by atoms with Crippen molar-refractivity contribution >= 4 is 5.91 Å². The maximum absolute atomic E-state index is 11.5. The summed E-state index contributed by atoms with van der Waals surface area (Å²) in [6, 6.07) is 0. The fourth-order valence-corrected chi connectivity index (χ4v) is 2.15. The second-order valence-corrected chi connectivity index (χ2v) is 4.99. The molecule has 0 saturated heterocycles. The molecule has 0 aromatic carbocycles. The van der Waals surface area contributed by atoms with E-state index in [1.165, 1.54) is 25.7 Å². The third kappa shape index (κ3) is 2.27. The van der Waals surface area contributed by atoms with Crippen molar-refractivity contribution in [2.24, 2.45) is 11.7 Å². The van der Waals surface area contributed by atoms with Crippen molar-refractivity contribution in [1.29, 1.82) is 0 Å². The van der Waals surface area contributed by atoms with Gasteiger partial charge in [-0.25, -0.2) is 0 Å². The van der Waals surface area contributed by atoms with Gasteiger partial charge in [-0.3, -0.25) is 4.79 Å². The average molecular weight is 196 g/mol. The predicted octanol–water partition coefficient (Wildman–Crippen LogP) is 1.17. The van der Waals surface area contributed by atoms with Gasteiger partial charge < -0.3 is 11.1 Å². The van der Waals surface area contributed by atoms with E-state index in [2.05, 4.69) is 5.32 Å². The van der Waals surface area contributed by atoms with Gasteiger partial charge in [0.05, 0.1) is 0 Å². The standard InChI is InChI=1S/C11H20N2O/c12-11(5-2-6-11)7-10(14)13-8-9-3-1-4-9/h9H,1-8,12H2,(H,13,14). The molecule has 0 unspecified atom stereocenters. The summed E-state index contributed by atoms with van der Waals surface area (Å²) >= 11 is 0. The Labute approximate surface area is 85.4 Å². The van der Waals surface area contributed by atoms with Crippen molar-refractivity contribution < 1.29 is 4.79 Å². The van der Waals surface area contributed by atoms with Gasteiger partial charge in [0, 0.05) is 18.5 Å². The highest BCUT2D eigenvalue weighted by Crippen LogP contribution is 2.32. The number of hydrogen-bond acceptors (Lipinski definition) is 2. The Morgan fingerprint density at radius 2 is 2.07 bits per heavy atom. The van der Waals surface area contributed by atoms with E-state index in [-0.39, 0.29) is 11.4 Å². The maximum Gasteiger partial charge on any atom is 0.221 e. The molecule has 3 heteroatoms. The maximum atomic E-state index is 11.5. The van der Waals surface area contributed by atoms with Gasteiger partial charge in [-0.1, -0.05) is 6.42 Å². The third-order valence-corrected chi connectivity index (χ3v) is 3.67. The van der Waals surface area contributed by atoms with Crippen molar-refractivity contribution in [3.05, 3.63) is 0 Å². The van der Waals surface area contributed by atoms with E-state index in [4.69, 9.17) is 5.73 Å². The second kappa shape index (κ2) is 3.89. The molecule has 2 saturated carbocycles. The van der Waals surface area contributed by atoms with Crippen LogP contribution >= 0.6 is 0 Å². The normalized spacial score (nSPS) is 24.9. The van der Waals surface area contributed by atoms with E-state index in [0.717, 1.165) is 25.3 Å². The van der Waals surface area contributed by atoms with E-state index >= 15 is 0 Å². The third-order valence-electron chi connectivity index (χ3n) is 3.67. The summed E-state index contributed by atoms with van der Waals surface area (Å²) in [6.45, 7) is 0.870. The summed E-state index contributed by atoms with van der Waals surface area (Å²) in [5, 5.41) is 2.99. The Morgan fingerprint density at radius 3 is 2.50 bits per heavy atom. The summed E-state index contributed by atoms with van der Waals surface area (Å²) in [4.78, 5) is 11.5. The number of nitrogens with two attached hydrogens (primary N) is 1. The van der Waals surface area contributed by atoms with Gasteiger partial charge in [0.2, 0.25) is 5.91 Å². The summed E-state index contributed by atoms with van der Waals surface area (Å²) in [6.07, 6.45) is 7.66. The van der Waals surface area contributed by atoms with Crippen LogP contribution in [0, 0.1) is 5.92 Å². The monoisotopic (exact) mass is 196 g/mol. The highest BCUT2D eigenvalue weighted by atomic mass is 16.1. The Kier molecular flexibility index (Phi) is 2.77. The van der Waals surface area contributed by atoms with Gasteiger partial charge in [-0.05, 0) is 38.0 Å². The first kappa shape index (κ1) is 9.97. The van der Waals surface area contributed by atoms with Gasteiger partial charge in [0.1, 0.15) is 0 Å². The molecule has 3 nitrogen and oxygen atoms in total. The van der Waals surface area contributed by atoms with Crippen LogP contribution in [0.3, 0.4) is 0 Å². The van der Waals surface area contributed by atoms with Crippen LogP contribution in [0.2, 0.25) is 0 Å². The minimum atomic E-state index is -0.163. The Hall–Kier alpha value is -0.570. The minimum absolute atomic E-state index is 0.152. The quantitative estimate of drug-likeness (QED) is 0.709. The topological polar surface area (TPSA) is 55.1 Å². The minimum Gasteiger partial charge on any atom is -0.356 e. The van der Waals surface area contributed by atoms with Crippen molar-refractivity contribution in [3.8, 4) is 0 Å². The second-order valence-electron chi connectivity index (χ2n) is 4.99. The molecule has 3 N–H and O–H groups in total. The van der Waals surface area contributed by atoms with Crippen LogP contribution in [-0.2, 0) is 4.79 Å². The first-order valence-electron chi connectivity index (χ1n) is 5.74. The molecule has 1 amide bonds. The van der Waals surface area contributed by atoms with Crippen LogP contribution in [-0.4, -0.2) is 18.0 Å². The van der Waals surface area contributed by atoms with Crippen LogP contribution in [0.1, 0.15) is 44.9 Å². The molecule has 2 fully saturated rings. The van der Waals surface area contributed by atoms with Crippen LogP contribution < -0.4 is 11.1 Å². The highest BCUT2D eigenvalue weighted by Gasteiger charge is 2.34. The summed E-state index contributed by atoms with van der Waals surface area (Å²) in [5.74, 6) is 0.896. The number of rotatable bonds is 4. The van der Waals surface area contributed by atoms with Crippen molar-refractivity contribution in [2.45, 2.75) is 50.5 Å². The van der Waals surface area contributed by atoms with Gasteiger partial charge in [0.15, 0.2) is 0 Å². The highest BCUT2D eigenvalue weighted by molar-refractivity contribution is 5.77. The summed E-state index contributed by atoms with van der Waals surface area (Å²) in [7, 11) is 0. The average Bonchev–Trinajstić information content (AvgIpc) is 1.98.